The van der Waals surface area contributed by atoms with Crippen molar-refractivity contribution >= 4 is 11.9 Å². The highest BCUT2D eigenvalue weighted by molar-refractivity contribution is 5.76. The molecule has 0 bridgehead atoms. The van der Waals surface area contributed by atoms with Gasteiger partial charge >= 0.3 is 5.97 Å². The number of esters is 1. The summed E-state index contributed by atoms with van der Waals surface area (Å²) in [6.45, 7) is 4.89. The third kappa shape index (κ3) is 47.8. The zero-order chi connectivity index (χ0) is 45.1. The van der Waals surface area contributed by atoms with Gasteiger partial charge in [-0.05, 0) is 70.6 Å². The van der Waals surface area contributed by atoms with E-state index in [9.17, 15) is 19.8 Å². The maximum absolute atomic E-state index is 12.4. The van der Waals surface area contributed by atoms with E-state index in [-0.39, 0.29) is 18.5 Å². The molecule has 62 heavy (non-hydrogen) atoms. The molecule has 2 unspecified atom stereocenters. The minimum absolute atomic E-state index is 0.00202. The number of rotatable bonds is 51. The molecule has 0 spiro atoms. The van der Waals surface area contributed by atoms with Gasteiger partial charge in [0.1, 0.15) is 0 Å². The monoisotopic (exact) mass is 874 g/mol. The summed E-state index contributed by atoms with van der Waals surface area (Å²) >= 11 is 0. The Morgan fingerprint density at radius 1 is 0.435 bits per heavy atom. The van der Waals surface area contributed by atoms with Gasteiger partial charge in [-0.15, -0.1) is 0 Å². The second-order valence-electron chi connectivity index (χ2n) is 18.9. The molecule has 6 nitrogen and oxygen atoms in total. The molecule has 366 valence electrons. The number of nitrogens with one attached hydrogen (secondary N) is 1. The number of ether oxygens (including phenoxy) is 1. The Balaban J connectivity index is 3.37. The number of unbranched alkanes of at least 4 members (excludes halogenated alkanes) is 36. The van der Waals surface area contributed by atoms with Crippen LogP contribution >= 0.6 is 0 Å². The highest BCUT2D eigenvalue weighted by Crippen LogP contribution is 2.16. The number of carbonyl (C=O) groups excluding carboxylic acids is 2. The second kappa shape index (κ2) is 52.0. The number of hydrogen-bond acceptors (Lipinski definition) is 5. The number of aliphatic hydroxyl groups excluding tert-OH is 2. The van der Waals surface area contributed by atoms with E-state index >= 15 is 0 Å². The lowest BCUT2D eigenvalue weighted by atomic mass is 10.0. The Labute approximate surface area is 386 Å². The Hall–Kier alpha value is -1.66. The number of amides is 1. The summed E-state index contributed by atoms with van der Waals surface area (Å²) < 4.78 is 5.45. The summed E-state index contributed by atoms with van der Waals surface area (Å²) in [5.74, 6) is -0.0384. The summed E-state index contributed by atoms with van der Waals surface area (Å²) in [6.07, 6.45) is 61.8. The van der Waals surface area contributed by atoms with E-state index in [1.54, 1.807) is 0 Å². The first kappa shape index (κ1) is 60.3. The first-order valence-electron chi connectivity index (χ1n) is 27.6. The fourth-order valence-corrected chi connectivity index (χ4v) is 8.44. The topological polar surface area (TPSA) is 95.9 Å². The Bertz CT molecular complexity index is 966. The smallest absolute Gasteiger partial charge is 0.305 e. The normalized spacial score (nSPS) is 12.8. The van der Waals surface area contributed by atoms with E-state index in [4.69, 9.17) is 4.74 Å². The molecular weight excluding hydrogens is 767 g/mol. The minimum atomic E-state index is -0.663. The van der Waals surface area contributed by atoms with E-state index in [1.807, 2.05) is 0 Å². The van der Waals surface area contributed by atoms with Gasteiger partial charge in [0.05, 0.1) is 25.4 Å². The lowest BCUT2D eigenvalue weighted by Crippen LogP contribution is -2.45. The third-order valence-electron chi connectivity index (χ3n) is 12.7. The average molecular weight is 874 g/mol. The first-order chi connectivity index (χ1) is 30.5. The molecule has 2 atom stereocenters. The van der Waals surface area contributed by atoms with Crippen LogP contribution in [0.5, 0.6) is 0 Å². The molecule has 0 aromatic carbocycles. The van der Waals surface area contributed by atoms with Crippen LogP contribution in [0.2, 0.25) is 0 Å². The van der Waals surface area contributed by atoms with E-state index < -0.39 is 12.1 Å². The molecule has 0 aliphatic carbocycles. The summed E-state index contributed by atoms with van der Waals surface area (Å²) in [7, 11) is 0. The van der Waals surface area contributed by atoms with Crippen molar-refractivity contribution in [2.75, 3.05) is 13.2 Å². The molecule has 6 heteroatoms. The SMILES string of the molecule is CCCC/C=C\CCCCCCCC(=O)OCCCCCCCCCCCCCC/C=C\CCCCCCCCCCCC(=O)NC(CO)C(O)CCCCCCCCCCC. The van der Waals surface area contributed by atoms with Crippen molar-refractivity contribution in [3.8, 4) is 0 Å². The van der Waals surface area contributed by atoms with Crippen LogP contribution in [0.4, 0.5) is 0 Å². The molecule has 0 heterocycles. The highest BCUT2D eigenvalue weighted by atomic mass is 16.5. The molecule has 0 aliphatic heterocycles. The van der Waals surface area contributed by atoms with Crippen LogP contribution in [-0.2, 0) is 14.3 Å². The number of carbonyl (C=O) groups is 2. The van der Waals surface area contributed by atoms with Gasteiger partial charge in [0.25, 0.3) is 0 Å². The summed E-state index contributed by atoms with van der Waals surface area (Å²) in [4.78, 5) is 24.4. The fraction of sp³-hybridized carbons (Fsp3) is 0.893. The number of hydrogen-bond donors (Lipinski definition) is 3. The zero-order valence-corrected chi connectivity index (χ0v) is 41.6. The van der Waals surface area contributed by atoms with Gasteiger partial charge in [0.2, 0.25) is 5.91 Å². The predicted molar refractivity (Wildman–Crippen MR) is 269 cm³/mol. The van der Waals surface area contributed by atoms with Crippen molar-refractivity contribution in [2.45, 2.75) is 309 Å². The number of allylic oxidation sites excluding steroid dienone is 4. The van der Waals surface area contributed by atoms with Gasteiger partial charge in [-0.3, -0.25) is 9.59 Å². The Morgan fingerprint density at radius 3 is 1.19 bits per heavy atom. The Kier molecular flexibility index (Phi) is 50.6. The standard InChI is InChI=1S/C56H107NO5/c1-3-5-7-9-11-13-29-34-38-42-46-50-56(61)62-51-47-43-39-35-31-28-26-24-22-20-18-16-14-15-17-19-21-23-25-27-30-33-37-41-45-49-55(60)57-53(52-58)54(59)48-44-40-36-32-12-10-8-6-4-2/h9,11,15,17,53-54,58-59H,3-8,10,12-14,16,18-52H2,1-2H3,(H,57,60)/b11-9-,17-15-. The zero-order valence-electron chi connectivity index (χ0n) is 41.6. The molecular formula is C56H107NO5. The van der Waals surface area contributed by atoms with Crippen LogP contribution in [0.1, 0.15) is 296 Å². The lowest BCUT2D eigenvalue weighted by Gasteiger charge is -2.22. The third-order valence-corrected chi connectivity index (χ3v) is 12.7. The molecule has 0 aromatic heterocycles. The van der Waals surface area contributed by atoms with Crippen LogP contribution in [0.3, 0.4) is 0 Å². The number of aliphatic hydroxyl groups is 2. The van der Waals surface area contributed by atoms with E-state index in [2.05, 4.69) is 43.5 Å². The van der Waals surface area contributed by atoms with Crippen LogP contribution < -0.4 is 5.32 Å². The lowest BCUT2D eigenvalue weighted by molar-refractivity contribution is -0.143. The van der Waals surface area contributed by atoms with Gasteiger partial charge < -0.3 is 20.3 Å². The van der Waals surface area contributed by atoms with E-state index in [1.165, 1.54) is 218 Å². The van der Waals surface area contributed by atoms with E-state index in [0.29, 0.717) is 25.9 Å². The highest BCUT2D eigenvalue weighted by Gasteiger charge is 2.20. The molecule has 0 fully saturated rings. The van der Waals surface area contributed by atoms with Crippen molar-refractivity contribution in [1.82, 2.24) is 5.32 Å². The van der Waals surface area contributed by atoms with Gasteiger partial charge in [-0.25, -0.2) is 0 Å². The molecule has 0 radical (unpaired) electrons. The molecule has 0 saturated heterocycles. The largest absolute Gasteiger partial charge is 0.466 e. The van der Waals surface area contributed by atoms with Crippen molar-refractivity contribution in [3.05, 3.63) is 24.3 Å². The average Bonchev–Trinajstić information content (AvgIpc) is 3.27. The summed E-state index contributed by atoms with van der Waals surface area (Å²) in [5.41, 5.74) is 0. The summed E-state index contributed by atoms with van der Waals surface area (Å²) in [6, 6.07) is -0.541. The molecule has 0 aromatic rings. The molecule has 0 rings (SSSR count). The Morgan fingerprint density at radius 2 is 0.774 bits per heavy atom. The maximum Gasteiger partial charge on any atom is 0.305 e. The minimum Gasteiger partial charge on any atom is -0.466 e. The van der Waals surface area contributed by atoms with Crippen molar-refractivity contribution in [1.29, 1.82) is 0 Å². The molecule has 1 amide bonds. The van der Waals surface area contributed by atoms with Crippen molar-refractivity contribution in [3.63, 3.8) is 0 Å². The second-order valence-corrected chi connectivity index (χ2v) is 18.9. The van der Waals surface area contributed by atoms with E-state index in [0.717, 1.165) is 44.9 Å². The van der Waals surface area contributed by atoms with Gasteiger partial charge in [0.15, 0.2) is 0 Å². The van der Waals surface area contributed by atoms with Crippen LogP contribution in [-0.4, -0.2) is 47.4 Å². The first-order valence-corrected chi connectivity index (χ1v) is 27.6. The van der Waals surface area contributed by atoms with Crippen molar-refractivity contribution in [2.24, 2.45) is 0 Å². The van der Waals surface area contributed by atoms with Gasteiger partial charge in [0, 0.05) is 12.8 Å². The van der Waals surface area contributed by atoms with Crippen LogP contribution in [0.25, 0.3) is 0 Å². The molecule has 3 N–H and O–H groups in total. The fourth-order valence-electron chi connectivity index (χ4n) is 8.44. The molecule has 0 saturated carbocycles. The summed E-state index contributed by atoms with van der Waals surface area (Å²) in [5, 5.41) is 23.1. The quantitative estimate of drug-likeness (QED) is 0.0321. The maximum atomic E-state index is 12.4. The predicted octanol–water partition coefficient (Wildman–Crippen LogP) is 16.7. The van der Waals surface area contributed by atoms with Crippen molar-refractivity contribution < 1.29 is 24.5 Å². The molecule has 0 aliphatic rings. The van der Waals surface area contributed by atoms with Gasteiger partial charge in [-0.2, -0.15) is 0 Å². The van der Waals surface area contributed by atoms with Gasteiger partial charge in [-0.1, -0.05) is 237 Å². The van der Waals surface area contributed by atoms with Crippen LogP contribution in [0.15, 0.2) is 24.3 Å². The van der Waals surface area contributed by atoms with Crippen LogP contribution in [0, 0.1) is 0 Å².